The van der Waals surface area contributed by atoms with Crippen LogP contribution in [0, 0.1) is 11.3 Å². The second-order valence-corrected chi connectivity index (χ2v) is 7.05. The van der Waals surface area contributed by atoms with E-state index in [1.54, 1.807) is 12.1 Å². The fourth-order valence-corrected chi connectivity index (χ4v) is 3.61. The highest BCUT2D eigenvalue weighted by Crippen LogP contribution is 2.31. The zero-order valence-electron chi connectivity index (χ0n) is 14.8. The average Bonchev–Trinajstić information content (AvgIpc) is 3.09. The van der Waals surface area contributed by atoms with E-state index in [4.69, 9.17) is 14.4 Å². The van der Waals surface area contributed by atoms with Gasteiger partial charge in [-0.25, -0.2) is 0 Å². The Morgan fingerprint density at radius 1 is 1.04 bits per heavy atom. The van der Waals surface area contributed by atoms with Gasteiger partial charge in [-0.1, -0.05) is 30.3 Å². The summed E-state index contributed by atoms with van der Waals surface area (Å²) in [6.45, 7) is -0.113. The number of nitriles is 1. The molecule has 6 heteroatoms. The van der Waals surface area contributed by atoms with Crippen LogP contribution in [0.5, 0.6) is 5.75 Å². The number of furan rings is 1. The van der Waals surface area contributed by atoms with E-state index in [0.29, 0.717) is 17.2 Å². The Morgan fingerprint density at radius 3 is 2.71 bits per heavy atom. The van der Waals surface area contributed by atoms with Crippen LogP contribution in [0.4, 0.5) is 5.69 Å². The third-order valence-corrected chi connectivity index (χ3v) is 5.11. The second-order valence-electron chi connectivity index (χ2n) is 6.04. The van der Waals surface area contributed by atoms with Crippen molar-refractivity contribution < 1.29 is 13.9 Å². The normalized spacial score (nSPS) is 10.7. The Balaban J connectivity index is 1.45. The Bertz CT molecular complexity index is 1190. The number of hydrogen-bond donors (Lipinski definition) is 1. The van der Waals surface area contributed by atoms with Crippen molar-refractivity contribution in [3.63, 3.8) is 0 Å². The van der Waals surface area contributed by atoms with Crippen molar-refractivity contribution in [1.29, 1.82) is 5.26 Å². The summed E-state index contributed by atoms with van der Waals surface area (Å²) in [4.78, 5) is 13.2. The number of ether oxygens (including phenoxy) is 1. The average molecular weight is 388 g/mol. The van der Waals surface area contributed by atoms with Crippen LogP contribution >= 0.6 is 11.8 Å². The van der Waals surface area contributed by atoms with Gasteiger partial charge in [0.15, 0.2) is 6.61 Å². The third-order valence-electron chi connectivity index (χ3n) is 4.17. The van der Waals surface area contributed by atoms with E-state index in [9.17, 15) is 4.79 Å². The van der Waals surface area contributed by atoms with E-state index >= 15 is 0 Å². The van der Waals surface area contributed by atoms with Crippen molar-refractivity contribution in [2.24, 2.45) is 0 Å². The zero-order valence-corrected chi connectivity index (χ0v) is 15.7. The molecule has 0 unspecified atom stereocenters. The largest absolute Gasteiger partial charge is 0.484 e. The molecule has 5 nitrogen and oxygen atoms in total. The van der Waals surface area contributed by atoms with Gasteiger partial charge in [0.05, 0.1) is 17.5 Å². The first kappa shape index (κ1) is 18.0. The minimum Gasteiger partial charge on any atom is -0.484 e. The number of nitrogens with zero attached hydrogens (tertiary/aromatic N) is 1. The molecule has 0 saturated carbocycles. The molecule has 0 aliphatic rings. The molecule has 28 heavy (non-hydrogen) atoms. The van der Waals surface area contributed by atoms with E-state index in [1.807, 2.05) is 54.6 Å². The maximum absolute atomic E-state index is 12.3. The number of fused-ring (bicyclic) bond motifs is 3. The number of benzene rings is 3. The summed E-state index contributed by atoms with van der Waals surface area (Å²) in [7, 11) is 0. The van der Waals surface area contributed by atoms with Crippen molar-refractivity contribution in [1.82, 2.24) is 0 Å². The Morgan fingerprint density at radius 2 is 1.82 bits per heavy atom. The van der Waals surface area contributed by atoms with E-state index in [2.05, 4.69) is 11.4 Å². The molecule has 0 spiro atoms. The lowest BCUT2D eigenvalue weighted by Gasteiger charge is -2.10. The monoisotopic (exact) mass is 388 g/mol. The van der Waals surface area contributed by atoms with Crippen molar-refractivity contribution in [2.45, 2.75) is 4.90 Å². The molecule has 0 fully saturated rings. The van der Waals surface area contributed by atoms with Crippen LogP contribution in [0.3, 0.4) is 0 Å². The highest BCUT2D eigenvalue weighted by atomic mass is 32.2. The minimum absolute atomic E-state index is 0.113. The van der Waals surface area contributed by atoms with Crippen molar-refractivity contribution in [2.75, 3.05) is 17.7 Å². The molecule has 1 aromatic heterocycles. The zero-order chi connectivity index (χ0) is 19.3. The molecule has 1 heterocycles. The molecular weight excluding hydrogens is 372 g/mol. The predicted octanol–water partition coefficient (Wildman–Crippen LogP) is 5.22. The van der Waals surface area contributed by atoms with E-state index in [1.165, 1.54) is 11.8 Å². The first-order valence-corrected chi connectivity index (χ1v) is 9.66. The number of anilines is 1. The summed E-state index contributed by atoms with van der Waals surface area (Å²) >= 11 is 1.38. The molecule has 0 bridgehead atoms. The van der Waals surface area contributed by atoms with Crippen molar-refractivity contribution >= 4 is 45.3 Å². The molecular formula is C22H16N2O3S. The van der Waals surface area contributed by atoms with Gasteiger partial charge >= 0.3 is 0 Å². The van der Waals surface area contributed by atoms with Gasteiger partial charge in [0.25, 0.3) is 5.91 Å². The Kier molecular flexibility index (Phi) is 5.18. The number of thioether (sulfide) groups is 1. The van der Waals surface area contributed by atoms with Crippen LogP contribution in [0.1, 0.15) is 0 Å². The van der Waals surface area contributed by atoms with Crippen molar-refractivity contribution in [3.05, 3.63) is 66.7 Å². The second kappa shape index (κ2) is 8.07. The first-order valence-electron chi connectivity index (χ1n) is 8.67. The van der Waals surface area contributed by atoms with Gasteiger partial charge in [0.1, 0.15) is 16.9 Å². The van der Waals surface area contributed by atoms with Crippen LogP contribution in [-0.4, -0.2) is 18.3 Å². The van der Waals surface area contributed by atoms with Crippen LogP contribution in [0.25, 0.3) is 21.9 Å². The summed E-state index contributed by atoms with van der Waals surface area (Å²) in [5, 5.41) is 13.6. The quantitative estimate of drug-likeness (QED) is 0.458. The van der Waals surface area contributed by atoms with E-state index < -0.39 is 0 Å². The number of nitrogens with one attached hydrogen (secondary N) is 1. The van der Waals surface area contributed by atoms with Gasteiger partial charge in [0, 0.05) is 15.7 Å². The number of carbonyl (C=O) groups is 1. The summed E-state index contributed by atoms with van der Waals surface area (Å²) in [6, 6.07) is 22.8. The number of amides is 1. The van der Waals surface area contributed by atoms with Gasteiger partial charge in [0.2, 0.25) is 0 Å². The van der Waals surface area contributed by atoms with Crippen LogP contribution in [0.2, 0.25) is 0 Å². The maximum atomic E-state index is 12.3. The summed E-state index contributed by atoms with van der Waals surface area (Å²) in [6.07, 6.45) is 0. The molecule has 0 radical (unpaired) electrons. The van der Waals surface area contributed by atoms with Gasteiger partial charge < -0.3 is 14.5 Å². The smallest absolute Gasteiger partial charge is 0.262 e. The standard InChI is InChI=1S/C22H16N2O3S/c23-11-12-28-21-8-4-2-6-18(21)24-22(25)14-26-15-9-10-20-17(13-15)16-5-1-3-7-19(16)27-20/h1-10,13H,12,14H2,(H,24,25). The highest BCUT2D eigenvalue weighted by molar-refractivity contribution is 7.99. The molecule has 4 aromatic rings. The topological polar surface area (TPSA) is 75.3 Å². The number of hydrogen-bond acceptors (Lipinski definition) is 5. The van der Waals surface area contributed by atoms with Crippen LogP contribution < -0.4 is 10.1 Å². The Labute approximate surface area is 165 Å². The number of rotatable bonds is 6. The lowest BCUT2D eigenvalue weighted by Crippen LogP contribution is -2.20. The lowest BCUT2D eigenvalue weighted by atomic mass is 10.1. The number of para-hydroxylation sites is 2. The molecule has 1 amide bonds. The summed E-state index contributed by atoms with van der Waals surface area (Å²) < 4.78 is 11.5. The molecule has 3 aromatic carbocycles. The van der Waals surface area contributed by atoms with Gasteiger partial charge in [-0.2, -0.15) is 5.26 Å². The predicted molar refractivity (Wildman–Crippen MR) is 111 cm³/mol. The molecule has 138 valence electrons. The minimum atomic E-state index is -0.262. The fraction of sp³-hybridized carbons (Fsp3) is 0.0909. The summed E-state index contributed by atoms with van der Waals surface area (Å²) in [5.41, 5.74) is 2.27. The van der Waals surface area contributed by atoms with Crippen LogP contribution in [0.15, 0.2) is 76.0 Å². The molecule has 4 rings (SSSR count). The van der Waals surface area contributed by atoms with E-state index in [0.717, 1.165) is 26.8 Å². The Hall–Kier alpha value is -3.43. The number of carbonyl (C=O) groups excluding carboxylic acids is 1. The maximum Gasteiger partial charge on any atom is 0.262 e. The SMILES string of the molecule is N#CCSc1ccccc1NC(=O)COc1ccc2oc3ccccc3c2c1. The highest BCUT2D eigenvalue weighted by Gasteiger charge is 2.10. The molecule has 0 atom stereocenters. The van der Waals surface area contributed by atoms with Crippen molar-refractivity contribution in [3.8, 4) is 11.8 Å². The fourth-order valence-electron chi connectivity index (χ4n) is 2.94. The molecule has 1 N–H and O–H groups in total. The van der Waals surface area contributed by atoms with Gasteiger partial charge in [-0.05, 0) is 36.4 Å². The van der Waals surface area contributed by atoms with E-state index in [-0.39, 0.29) is 12.5 Å². The lowest BCUT2D eigenvalue weighted by molar-refractivity contribution is -0.118. The molecule has 0 saturated heterocycles. The summed E-state index contributed by atoms with van der Waals surface area (Å²) in [5.74, 6) is 0.658. The van der Waals surface area contributed by atoms with Gasteiger partial charge in [-0.15, -0.1) is 11.8 Å². The molecule has 0 aliphatic carbocycles. The third kappa shape index (κ3) is 3.80. The van der Waals surface area contributed by atoms with Gasteiger partial charge in [-0.3, -0.25) is 4.79 Å². The molecule has 0 aliphatic heterocycles. The van der Waals surface area contributed by atoms with Crippen LogP contribution in [-0.2, 0) is 4.79 Å². The first-order chi connectivity index (χ1) is 13.7.